The Morgan fingerprint density at radius 3 is 2.82 bits per heavy atom. The number of cyclic esters (lactones) is 1. The van der Waals surface area contributed by atoms with Crippen molar-refractivity contribution >= 4 is 6.09 Å². The van der Waals surface area contributed by atoms with E-state index in [1.807, 2.05) is 19.9 Å². The van der Waals surface area contributed by atoms with E-state index in [9.17, 15) is 9.18 Å². The summed E-state index contributed by atoms with van der Waals surface area (Å²) in [5, 5.41) is 0. The van der Waals surface area contributed by atoms with Crippen LogP contribution in [-0.2, 0) is 11.3 Å². The largest absolute Gasteiger partial charge is 0.444 e. The molecule has 1 fully saturated rings. The topological polar surface area (TPSA) is 29.5 Å². The fourth-order valence-corrected chi connectivity index (χ4v) is 2.13. The second-order valence-electron chi connectivity index (χ2n) is 4.33. The summed E-state index contributed by atoms with van der Waals surface area (Å²) in [6.07, 6.45) is 0.427. The molecule has 17 heavy (non-hydrogen) atoms. The predicted molar refractivity (Wildman–Crippen MR) is 62.0 cm³/mol. The van der Waals surface area contributed by atoms with E-state index in [1.54, 1.807) is 11.0 Å². The molecule has 1 aromatic rings. The van der Waals surface area contributed by atoms with Gasteiger partial charge in [0.1, 0.15) is 11.9 Å². The summed E-state index contributed by atoms with van der Waals surface area (Å²) < 4.78 is 18.3. The number of carbonyl (C=O) groups is 1. The summed E-state index contributed by atoms with van der Waals surface area (Å²) >= 11 is 0. The van der Waals surface area contributed by atoms with Gasteiger partial charge in [-0.05, 0) is 31.0 Å². The lowest BCUT2D eigenvalue weighted by atomic mass is 10.1. The van der Waals surface area contributed by atoms with E-state index in [0.29, 0.717) is 6.54 Å². The molecule has 1 saturated heterocycles. The van der Waals surface area contributed by atoms with Crippen molar-refractivity contribution < 1.29 is 13.9 Å². The molecule has 3 nitrogen and oxygen atoms in total. The number of halogens is 1. The second kappa shape index (κ2) is 4.73. The van der Waals surface area contributed by atoms with Gasteiger partial charge in [-0.25, -0.2) is 9.18 Å². The van der Waals surface area contributed by atoms with Crippen LogP contribution in [0.5, 0.6) is 0 Å². The molecule has 92 valence electrons. The lowest BCUT2D eigenvalue weighted by molar-refractivity contribution is 0.128. The first-order valence-electron chi connectivity index (χ1n) is 5.83. The number of nitrogens with zero attached hydrogens (tertiary/aromatic N) is 1. The van der Waals surface area contributed by atoms with E-state index in [-0.39, 0.29) is 24.1 Å². The van der Waals surface area contributed by atoms with E-state index in [4.69, 9.17) is 4.74 Å². The first-order chi connectivity index (χ1) is 8.11. The minimum Gasteiger partial charge on any atom is -0.444 e. The number of amides is 1. The lowest BCUT2D eigenvalue weighted by Gasteiger charge is -2.20. The Kier molecular flexibility index (Phi) is 3.31. The normalized spacial score (nSPS) is 23.9. The highest BCUT2D eigenvalue weighted by atomic mass is 19.1. The number of hydrogen-bond donors (Lipinski definition) is 0. The molecule has 0 aromatic heterocycles. The van der Waals surface area contributed by atoms with Crippen molar-refractivity contribution in [1.29, 1.82) is 0 Å². The van der Waals surface area contributed by atoms with Gasteiger partial charge in [-0.15, -0.1) is 0 Å². The Labute approximate surface area is 100 Å². The average Bonchev–Trinajstić information content (AvgIpc) is 2.56. The zero-order chi connectivity index (χ0) is 12.4. The van der Waals surface area contributed by atoms with Gasteiger partial charge < -0.3 is 4.74 Å². The monoisotopic (exact) mass is 237 g/mol. The van der Waals surface area contributed by atoms with Gasteiger partial charge in [0, 0.05) is 6.54 Å². The number of carbonyl (C=O) groups excluding carboxylic acids is 1. The molecule has 2 rings (SSSR count). The zero-order valence-corrected chi connectivity index (χ0v) is 10.0. The molecule has 1 aromatic carbocycles. The summed E-state index contributed by atoms with van der Waals surface area (Å²) in [4.78, 5) is 13.3. The van der Waals surface area contributed by atoms with Crippen molar-refractivity contribution in [2.24, 2.45) is 0 Å². The highest BCUT2D eigenvalue weighted by Gasteiger charge is 2.37. The van der Waals surface area contributed by atoms with Crippen LogP contribution >= 0.6 is 0 Å². The van der Waals surface area contributed by atoms with Crippen molar-refractivity contribution in [3.63, 3.8) is 0 Å². The van der Waals surface area contributed by atoms with E-state index >= 15 is 0 Å². The molecule has 1 heterocycles. The maximum absolute atomic E-state index is 13.0. The van der Waals surface area contributed by atoms with Crippen LogP contribution in [0.2, 0.25) is 0 Å². The van der Waals surface area contributed by atoms with Crippen LogP contribution in [-0.4, -0.2) is 23.1 Å². The molecule has 0 unspecified atom stereocenters. The molecule has 1 amide bonds. The Bertz CT molecular complexity index is 422. The smallest absolute Gasteiger partial charge is 0.410 e. The quantitative estimate of drug-likeness (QED) is 0.808. The Morgan fingerprint density at radius 2 is 2.24 bits per heavy atom. The summed E-state index contributed by atoms with van der Waals surface area (Å²) in [5.74, 6) is -0.283. The standard InChI is InChI=1S/C13H16FNO2/c1-3-12-9(2)15(13(16)17-12)8-10-5-4-6-11(14)7-10/h4-7,9,12H,3,8H2,1-2H3/t9-,12-/m1/s1. The van der Waals surface area contributed by atoms with E-state index in [2.05, 4.69) is 0 Å². The number of benzene rings is 1. The molecule has 4 heteroatoms. The van der Waals surface area contributed by atoms with Crippen LogP contribution in [0.3, 0.4) is 0 Å². The van der Waals surface area contributed by atoms with Crippen molar-refractivity contribution in [2.45, 2.75) is 39.0 Å². The first-order valence-corrected chi connectivity index (χ1v) is 5.83. The van der Waals surface area contributed by atoms with Crippen LogP contribution in [0.15, 0.2) is 24.3 Å². The molecule has 0 aliphatic carbocycles. The second-order valence-corrected chi connectivity index (χ2v) is 4.33. The van der Waals surface area contributed by atoms with Crippen LogP contribution < -0.4 is 0 Å². The fraction of sp³-hybridized carbons (Fsp3) is 0.462. The highest BCUT2D eigenvalue weighted by molar-refractivity contribution is 5.70. The fourth-order valence-electron chi connectivity index (χ4n) is 2.13. The summed E-state index contributed by atoms with van der Waals surface area (Å²) in [6.45, 7) is 4.34. The lowest BCUT2D eigenvalue weighted by Crippen LogP contribution is -2.33. The van der Waals surface area contributed by atoms with Gasteiger partial charge in [0.2, 0.25) is 0 Å². The number of ether oxygens (including phenoxy) is 1. The number of hydrogen-bond acceptors (Lipinski definition) is 2. The van der Waals surface area contributed by atoms with Gasteiger partial charge in [-0.3, -0.25) is 4.90 Å². The Hall–Kier alpha value is -1.58. The maximum atomic E-state index is 13.0. The molecule has 0 spiro atoms. The molecule has 2 atom stereocenters. The summed E-state index contributed by atoms with van der Waals surface area (Å²) in [6, 6.07) is 6.33. The molecule has 0 saturated carbocycles. The van der Waals surface area contributed by atoms with Crippen molar-refractivity contribution in [1.82, 2.24) is 4.90 Å². The van der Waals surface area contributed by atoms with Gasteiger partial charge in [0.05, 0.1) is 6.04 Å². The van der Waals surface area contributed by atoms with Crippen molar-refractivity contribution in [3.8, 4) is 0 Å². The number of rotatable bonds is 3. The van der Waals surface area contributed by atoms with Gasteiger partial charge in [-0.2, -0.15) is 0 Å². The molecule has 1 aliphatic rings. The van der Waals surface area contributed by atoms with E-state index in [0.717, 1.165) is 12.0 Å². The Morgan fingerprint density at radius 1 is 1.47 bits per heavy atom. The van der Waals surface area contributed by atoms with Gasteiger partial charge in [-0.1, -0.05) is 19.1 Å². The first kappa shape index (κ1) is 11.9. The molecule has 0 N–H and O–H groups in total. The molecular formula is C13H16FNO2. The summed E-state index contributed by atoms with van der Waals surface area (Å²) in [5.41, 5.74) is 0.783. The van der Waals surface area contributed by atoms with Crippen LogP contribution in [0.4, 0.5) is 9.18 Å². The third kappa shape index (κ3) is 2.40. The molecule has 1 aliphatic heterocycles. The zero-order valence-electron chi connectivity index (χ0n) is 10.0. The van der Waals surface area contributed by atoms with Crippen LogP contribution in [0.1, 0.15) is 25.8 Å². The van der Waals surface area contributed by atoms with Crippen molar-refractivity contribution in [2.75, 3.05) is 0 Å². The van der Waals surface area contributed by atoms with Crippen LogP contribution in [0.25, 0.3) is 0 Å². The minimum atomic E-state index is -0.311. The predicted octanol–water partition coefficient (Wildman–Crippen LogP) is 2.95. The SMILES string of the molecule is CC[C@H]1OC(=O)N(Cc2cccc(F)c2)[C@@H]1C. The molecule has 0 bridgehead atoms. The van der Waals surface area contributed by atoms with E-state index < -0.39 is 0 Å². The van der Waals surface area contributed by atoms with Crippen LogP contribution in [0, 0.1) is 5.82 Å². The molecular weight excluding hydrogens is 221 g/mol. The Balaban J connectivity index is 2.11. The van der Waals surface area contributed by atoms with E-state index in [1.165, 1.54) is 12.1 Å². The van der Waals surface area contributed by atoms with Gasteiger partial charge in [0.25, 0.3) is 0 Å². The average molecular weight is 237 g/mol. The van der Waals surface area contributed by atoms with Crippen molar-refractivity contribution in [3.05, 3.63) is 35.6 Å². The highest BCUT2D eigenvalue weighted by Crippen LogP contribution is 2.23. The minimum absolute atomic E-state index is 0.0377. The molecule has 0 radical (unpaired) electrons. The maximum Gasteiger partial charge on any atom is 0.410 e. The summed E-state index contributed by atoms with van der Waals surface area (Å²) in [7, 11) is 0. The third-order valence-corrected chi connectivity index (χ3v) is 3.16. The van der Waals surface area contributed by atoms with Gasteiger partial charge >= 0.3 is 6.09 Å². The van der Waals surface area contributed by atoms with Gasteiger partial charge in [0.15, 0.2) is 0 Å². The third-order valence-electron chi connectivity index (χ3n) is 3.16.